The van der Waals surface area contributed by atoms with E-state index in [0.29, 0.717) is 40.5 Å². The smallest absolute Gasteiger partial charge is 0.408 e. The van der Waals surface area contributed by atoms with Crippen LogP contribution in [0.25, 0.3) is 0 Å². The number of rotatable bonds is 8. The molecule has 9 heteroatoms. The van der Waals surface area contributed by atoms with E-state index in [0.717, 1.165) is 52.2 Å². The van der Waals surface area contributed by atoms with Gasteiger partial charge in [0, 0.05) is 19.1 Å². The molecule has 0 bridgehead atoms. The number of methoxy groups -OCH3 is 1. The van der Waals surface area contributed by atoms with E-state index in [-0.39, 0.29) is 53.0 Å². The predicted octanol–water partition coefficient (Wildman–Crippen LogP) is 5.77. The van der Waals surface area contributed by atoms with E-state index in [1.165, 1.54) is 38.5 Å². The molecule has 3 heterocycles. The minimum Gasteiger partial charge on any atom is -0.441 e. The van der Waals surface area contributed by atoms with Gasteiger partial charge in [-0.1, -0.05) is 34.6 Å². The molecule has 8 aliphatic rings. The van der Waals surface area contributed by atoms with Crippen molar-refractivity contribution in [3.05, 3.63) is 0 Å². The summed E-state index contributed by atoms with van der Waals surface area (Å²) < 4.78 is 30.2. The molecule has 3 saturated heterocycles. The van der Waals surface area contributed by atoms with Gasteiger partial charge in [-0.05, 0) is 117 Å². The first-order valence-electron chi connectivity index (χ1n) is 19.4. The molecule has 8 fully saturated rings. The number of aliphatic hydroxyl groups is 1. The van der Waals surface area contributed by atoms with E-state index in [1.807, 2.05) is 13.8 Å². The Labute approximate surface area is 288 Å². The lowest BCUT2D eigenvalue weighted by Gasteiger charge is -2.64. The Balaban J connectivity index is 0.983. The largest absolute Gasteiger partial charge is 0.441 e. The van der Waals surface area contributed by atoms with Crippen LogP contribution in [0.1, 0.15) is 106 Å². The van der Waals surface area contributed by atoms with Crippen molar-refractivity contribution in [2.24, 2.45) is 50.7 Å². The lowest BCUT2D eigenvalue weighted by Crippen LogP contribution is -2.60. The molecular formula is C39H64N2O7. The van der Waals surface area contributed by atoms with Crippen molar-refractivity contribution in [3.8, 4) is 0 Å². The molecule has 8 rings (SSSR count). The number of hydrogen-bond acceptors (Lipinski definition) is 8. The van der Waals surface area contributed by atoms with Gasteiger partial charge in [0.25, 0.3) is 0 Å². The Morgan fingerprint density at radius 1 is 1.02 bits per heavy atom. The number of cyclic esters (lactones) is 1. The Morgan fingerprint density at radius 3 is 2.42 bits per heavy atom. The number of nitrogens with one attached hydrogen (secondary N) is 1. The highest BCUT2D eigenvalue weighted by Gasteiger charge is 2.83. The Kier molecular flexibility index (Phi) is 8.01. The van der Waals surface area contributed by atoms with Crippen molar-refractivity contribution in [1.82, 2.24) is 10.2 Å². The SMILES string of the molecule is COC(C[C@@H](C)[C@H]1C[C@H](O)[C@@]2(C)C3CCC4C(C)(C)C(OC5CN(C6COC6)CCO5)CCC45CC35CCC12C)C1NC(=O)OC1(C)C. The molecule has 5 saturated carbocycles. The first-order chi connectivity index (χ1) is 22.6. The molecule has 5 aliphatic carbocycles. The van der Waals surface area contributed by atoms with E-state index >= 15 is 0 Å². The Bertz CT molecular complexity index is 1270. The molecule has 9 nitrogen and oxygen atoms in total. The van der Waals surface area contributed by atoms with E-state index in [9.17, 15) is 9.90 Å². The normalized spacial score (nSPS) is 50.5. The standard InChI is InChI=1S/C39H64N2O7/c1-23(17-26(44-8)32-35(4,5)48-33(43)40-32)25-18-29(42)37(7)28-10-9-27-34(2,3)30(47-31-19-41(15-16-46-31)24-20-45-21-24)11-12-38(27)22-39(28,38)14-13-36(25,37)6/h23-32,42H,9-22H2,1-8H3,(H,40,43)/t23-,25-,26?,27?,28?,29+,30?,31?,32?,36?,37-,38?,39?/m1/s1. The number of nitrogens with zero attached hydrogens (tertiary/aromatic N) is 1. The predicted molar refractivity (Wildman–Crippen MR) is 181 cm³/mol. The molecule has 13 atom stereocenters. The lowest BCUT2D eigenvalue weighted by atomic mass is 9.41. The van der Waals surface area contributed by atoms with Crippen molar-refractivity contribution < 1.29 is 33.6 Å². The highest BCUT2D eigenvalue weighted by Crippen LogP contribution is 2.89. The van der Waals surface area contributed by atoms with Gasteiger partial charge < -0.3 is 34.1 Å². The molecule has 1 amide bonds. The van der Waals surface area contributed by atoms with Crippen LogP contribution in [0.5, 0.6) is 0 Å². The zero-order valence-electron chi connectivity index (χ0n) is 31.0. The van der Waals surface area contributed by atoms with Crippen molar-refractivity contribution in [2.75, 3.05) is 40.0 Å². The van der Waals surface area contributed by atoms with Crippen LogP contribution in [-0.4, -0.2) is 98.4 Å². The van der Waals surface area contributed by atoms with Gasteiger partial charge in [-0.25, -0.2) is 4.79 Å². The average Bonchev–Trinajstić information content (AvgIpc) is 3.51. The number of alkyl carbamates (subject to hydrolysis) is 1. The summed E-state index contributed by atoms with van der Waals surface area (Å²) >= 11 is 0. The molecule has 2 N–H and O–H groups in total. The third kappa shape index (κ3) is 4.58. The fraction of sp³-hybridized carbons (Fsp3) is 0.974. The zero-order valence-corrected chi connectivity index (χ0v) is 31.0. The average molecular weight is 673 g/mol. The van der Waals surface area contributed by atoms with Gasteiger partial charge in [-0.3, -0.25) is 4.90 Å². The quantitative estimate of drug-likeness (QED) is 0.336. The van der Waals surface area contributed by atoms with Crippen LogP contribution in [0.4, 0.5) is 4.79 Å². The van der Waals surface area contributed by atoms with Crippen LogP contribution in [0.2, 0.25) is 0 Å². The maximum Gasteiger partial charge on any atom is 0.408 e. The van der Waals surface area contributed by atoms with Crippen LogP contribution in [0.3, 0.4) is 0 Å². The molecule has 3 aliphatic heterocycles. The van der Waals surface area contributed by atoms with E-state index in [4.69, 9.17) is 23.7 Å². The number of morpholine rings is 1. The topological polar surface area (TPSA) is 98.7 Å². The fourth-order valence-electron chi connectivity index (χ4n) is 14.2. The number of fused-ring (bicyclic) bond motifs is 2. The summed E-state index contributed by atoms with van der Waals surface area (Å²) in [6.45, 7) is 20.6. The van der Waals surface area contributed by atoms with Gasteiger partial charge >= 0.3 is 6.09 Å². The summed E-state index contributed by atoms with van der Waals surface area (Å²) in [5.74, 6) is 1.96. The number of ether oxygens (including phenoxy) is 5. The Morgan fingerprint density at radius 2 is 1.75 bits per heavy atom. The second-order valence-corrected chi connectivity index (χ2v) is 19.3. The van der Waals surface area contributed by atoms with Gasteiger partial charge in [0.1, 0.15) is 5.60 Å². The summed E-state index contributed by atoms with van der Waals surface area (Å²) in [5.41, 5.74) is 0.156. The first-order valence-corrected chi connectivity index (χ1v) is 19.4. The van der Waals surface area contributed by atoms with Crippen molar-refractivity contribution in [1.29, 1.82) is 0 Å². The lowest BCUT2D eigenvalue weighted by molar-refractivity contribution is -0.256. The van der Waals surface area contributed by atoms with E-state index in [2.05, 4.69) is 44.8 Å². The van der Waals surface area contributed by atoms with E-state index in [1.54, 1.807) is 7.11 Å². The summed E-state index contributed by atoms with van der Waals surface area (Å²) in [5, 5.41) is 15.2. The van der Waals surface area contributed by atoms with Crippen LogP contribution < -0.4 is 5.32 Å². The van der Waals surface area contributed by atoms with Gasteiger partial charge in [-0.2, -0.15) is 0 Å². The van der Waals surface area contributed by atoms with Gasteiger partial charge in [-0.15, -0.1) is 0 Å². The molecule has 48 heavy (non-hydrogen) atoms. The van der Waals surface area contributed by atoms with Crippen LogP contribution >= 0.6 is 0 Å². The molecule has 0 radical (unpaired) electrons. The zero-order chi connectivity index (χ0) is 34.1. The molecule has 9 unspecified atom stereocenters. The monoisotopic (exact) mass is 672 g/mol. The molecule has 0 aromatic carbocycles. The van der Waals surface area contributed by atoms with Gasteiger partial charge in [0.05, 0.1) is 56.8 Å². The highest BCUT2D eigenvalue weighted by molar-refractivity contribution is 5.71. The van der Waals surface area contributed by atoms with Crippen molar-refractivity contribution >= 4 is 6.09 Å². The third-order valence-electron chi connectivity index (χ3n) is 17.1. The van der Waals surface area contributed by atoms with Crippen molar-refractivity contribution in [2.45, 2.75) is 149 Å². The second-order valence-electron chi connectivity index (χ2n) is 19.3. The number of carbonyl (C=O) groups excluding carboxylic acids is 1. The molecular weight excluding hydrogens is 608 g/mol. The molecule has 272 valence electrons. The summed E-state index contributed by atoms with van der Waals surface area (Å²) in [6, 6.07) is 0.330. The summed E-state index contributed by atoms with van der Waals surface area (Å²) in [6.07, 6.45) is 9.58. The first kappa shape index (κ1) is 34.1. The minimum absolute atomic E-state index is 0.0626. The summed E-state index contributed by atoms with van der Waals surface area (Å²) in [4.78, 5) is 14.7. The minimum atomic E-state index is -0.617. The van der Waals surface area contributed by atoms with Crippen LogP contribution in [0.15, 0.2) is 0 Å². The second kappa shape index (κ2) is 11.3. The molecule has 0 aromatic rings. The van der Waals surface area contributed by atoms with Crippen molar-refractivity contribution in [3.63, 3.8) is 0 Å². The van der Waals surface area contributed by atoms with Gasteiger partial charge in [0.15, 0.2) is 6.29 Å². The fourth-order valence-corrected chi connectivity index (χ4v) is 14.2. The Hall–Kier alpha value is -0.970. The number of carbonyl (C=O) groups is 1. The van der Waals surface area contributed by atoms with Gasteiger partial charge in [0.2, 0.25) is 0 Å². The molecule has 2 spiro atoms. The maximum atomic E-state index is 12.2. The van der Waals surface area contributed by atoms with Crippen LogP contribution in [-0.2, 0) is 23.7 Å². The number of aliphatic hydroxyl groups excluding tert-OH is 1. The molecule has 0 aromatic heterocycles. The number of amides is 1. The van der Waals surface area contributed by atoms with Crippen LogP contribution in [0, 0.1) is 50.7 Å². The highest BCUT2D eigenvalue weighted by atomic mass is 16.7. The van der Waals surface area contributed by atoms with E-state index < -0.39 is 5.60 Å². The maximum absolute atomic E-state index is 12.2. The third-order valence-corrected chi connectivity index (χ3v) is 17.1. The summed E-state index contributed by atoms with van der Waals surface area (Å²) in [7, 11) is 1.76. The number of hydrogen-bond donors (Lipinski definition) is 2.